The first-order chi connectivity index (χ1) is 5.54. The second-order valence-electron chi connectivity index (χ2n) is 2.49. The second kappa shape index (κ2) is 3.03. The molecule has 0 fully saturated rings. The van der Waals surface area contributed by atoms with Gasteiger partial charge in [-0.05, 0) is 19.1 Å². The fraction of sp³-hybridized carbons (Fsp3) is 0.125. The number of hydrogen-bond acceptors (Lipinski definition) is 3. The maximum atomic E-state index is 11.0. The van der Waals surface area contributed by atoms with Crippen molar-refractivity contribution in [1.29, 1.82) is 0 Å². The summed E-state index contributed by atoms with van der Waals surface area (Å²) < 4.78 is 0. The molecule has 0 atom stereocenters. The van der Waals surface area contributed by atoms with E-state index in [1.54, 1.807) is 12.1 Å². The molecule has 0 aliphatic rings. The van der Waals surface area contributed by atoms with Crippen molar-refractivity contribution >= 4 is 28.8 Å². The molecule has 0 saturated carbocycles. The Labute approximate surface area is 75.3 Å². The van der Waals surface area contributed by atoms with Gasteiger partial charge < -0.3 is 11.5 Å². The second-order valence-corrected chi connectivity index (χ2v) is 2.87. The van der Waals surface area contributed by atoms with Crippen molar-refractivity contribution < 1.29 is 4.79 Å². The number of nitrogen functional groups attached to an aromatic ring is 2. The van der Waals surface area contributed by atoms with Crippen LogP contribution in [-0.4, -0.2) is 5.78 Å². The smallest absolute Gasteiger partial charge is 0.163 e. The highest BCUT2D eigenvalue weighted by atomic mass is 35.5. The molecule has 0 saturated heterocycles. The molecule has 12 heavy (non-hydrogen) atoms. The van der Waals surface area contributed by atoms with E-state index < -0.39 is 0 Å². The van der Waals surface area contributed by atoms with Gasteiger partial charge in [0.2, 0.25) is 0 Å². The van der Waals surface area contributed by atoms with Crippen LogP contribution < -0.4 is 11.5 Å². The molecule has 4 heteroatoms. The van der Waals surface area contributed by atoms with Gasteiger partial charge in [0, 0.05) is 5.69 Å². The molecule has 0 bridgehead atoms. The van der Waals surface area contributed by atoms with Gasteiger partial charge in [0.1, 0.15) is 0 Å². The van der Waals surface area contributed by atoms with Crippen molar-refractivity contribution in [2.75, 3.05) is 11.5 Å². The molecule has 0 heterocycles. The molecule has 0 unspecified atom stereocenters. The molecule has 0 radical (unpaired) electrons. The Morgan fingerprint density at radius 2 is 1.83 bits per heavy atom. The molecule has 4 N–H and O–H groups in total. The van der Waals surface area contributed by atoms with E-state index in [0.717, 1.165) is 0 Å². The Morgan fingerprint density at radius 3 is 2.25 bits per heavy atom. The van der Waals surface area contributed by atoms with Crippen LogP contribution >= 0.6 is 11.6 Å². The summed E-state index contributed by atoms with van der Waals surface area (Å²) in [4.78, 5) is 11.0. The summed E-state index contributed by atoms with van der Waals surface area (Å²) in [6, 6.07) is 3.14. The number of rotatable bonds is 1. The summed E-state index contributed by atoms with van der Waals surface area (Å²) in [5, 5.41) is 0.238. The largest absolute Gasteiger partial charge is 0.398 e. The lowest BCUT2D eigenvalue weighted by molar-refractivity contribution is 0.101. The highest BCUT2D eigenvalue weighted by molar-refractivity contribution is 6.37. The summed E-state index contributed by atoms with van der Waals surface area (Å²) in [6.07, 6.45) is 0. The Morgan fingerprint density at radius 1 is 1.33 bits per heavy atom. The zero-order valence-electron chi connectivity index (χ0n) is 6.60. The Balaban J connectivity index is 3.43. The quantitative estimate of drug-likeness (QED) is 0.516. The van der Waals surface area contributed by atoms with Crippen molar-refractivity contribution in [3.05, 3.63) is 22.7 Å². The first-order valence-electron chi connectivity index (χ1n) is 3.38. The number of benzene rings is 1. The van der Waals surface area contributed by atoms with Crippen LogP contribution in [-0.2, 0) is 0 Å². The lowest BCUT2D eigenvalue weighted by atomic mass is 10.1. The molecule has 1 rings (SSSR count). The summed E-state index contributed by atoms with van der Waals surface area (Å²) in [5.41, 5.74) is 12.1. The summed E-state index contributed by atoms with van der Waals surface area (Å²) >= 11 is 5.77. The molecular formula is C8H9ClN2O. The molecule has 0 aromatic heterocycles. The van der Waals surface area contributed by atoms with E-state index in [9.17, 15) is 4.79 Å². The van der Waals surface area contributed by atoms with Crippen molar-refractivity contribution in [2.45, 2.75) is 6.92 Å². The molecule has 0 aliphatic carbocycles. The highest BCUT2D eigenvalue weighted by Crippen LogP contribution is 2.28. The van der Waals surface area contributed by atoms with Crippen LogP contribution in [0.15, 0.2) is 12.1 Å². The van der Waals surface area contributed by atoms with Crippen molar-refractivity contribution in [2.24, 2.45) is 0 Å². The van der Waals surface area contributed by atoms with Crippen LogP contribution in [0.25, 0.3) is 0 Å². The molecule has 0 amide bonds. The van der Waals surface area contributed by atoms with Crippen molar-refractivity contribution in [1.82, 2.24) is 0 Å². The molecular weight excluding hydrogens is 176 g/mol. The van der Waals surface area contributed by atoms with Gasteiger partial charge in [-0.25, -0.2) is 0 Å². The van der Waals surface area contributed by atoms with Crippen LogP contribution in [0.4, 0.5) is 11.4 Å². The number of Topliss-reactive ketones (excluding diaryl/α,β-unsaturated/α-hetero) is 1. The normalized spacial score (nSPS) is 9.83. The predicted molar refractivity (Wildman–Crippen MR) is 50.3 cm³/mol. The number of anilines is 2. The summed E-state index contributed by atoms with van der Waals surface area (Å²) in [5.74, 6) is -0.176. The number of hydrogen-bond donors (Lipinski definition) is 2. The van der Waals surface area contributed by atoms with Gasteiger partial charge in [-0.2, -0.15) is 0 Å². The SMILES string of the molecule is CC(=O)c1c(N)ccc(N)c1Cl. The van der Waals surface area contributed by atoms with Crippen LogP contribution in [0.3, 0.4) is 0 Å². The van der Waals surface area contributed by atoms with Gasteiger partial charge in [-0.1, -0.05) is 11.6 Å². The minimum atomic E-state index is -0.176. The summed E-state index contributed by atoms with van der Waals surface area (Å²) in [7, 11) is 0. The van der Waals surface area contributed by atoms with E-state index in [2.05, 4.69) is 0 Å². The third-order valence-corrected chi connectivity index (χ3v) is 1.96. The molecule has 0 aliphatic heterocycles. The fourth-order valence-electron chi connectivity index (χ4n) is 0.965. The van der Waals surface area contributed by atoms with Gasteiger partial charge in [0.25, 0.3) is 0 Å². The molecule has 1 aromatic rings. The van der Waals surface area contributed by atoms with E-state index in [-0.39, 0.29) is 10.8 Å². The molecule has 3 nitrogen and oxygen atoms in total. The number of nitrogens with two attached hydrogens (primary N) is 2. The minimum Gasteiger partial charge on any atom is -0.398 e. The average Bonchev–Trinajstić information content (AvgIpc) is 1.97. The topological polar surface area (TPSA) is 69.1 Å². The number of halogens is 1. The van der Waals surface area contributed by atoms with E-state index >= 15 is 0 Å². The standard InChI is InChI=1S/C8H9ClN2O/c1-4(12)7-5(10)2-3-6(11)8(7)9/h2-3H,10-11H2,1H3. The van der Waals surface area contributed by atoms with Gasteiger partial charge >= 0.3 is 0 Å². The highest BCUT2D eigenvalue weighted by Gasteiger charge is 2.11. The maximum absolute atomic E-state index is 11.0. The predicted octanol–water partition coefficient (Wildman–Crippen LogP) is 1.71. The third kappa shape index (κ3) is 1.36. The number of carbonyl (C=O) groups is 1. The van der Waals surface area contributed by atoms with Crippen molar-refractivity contribution in [3.63, 3.8) is 0 Å². The number of ketones is 1. The van der Waals surface area contributed by atoms with Crippen LogP contribution in [0.5, 0.6) is 0 Å². The lowest BCUT2D eigenvalue weighted by Gasteiger charge is -2.05. The van der Waals surface area contributed by atoms with Gasteiger partial charge in [0.05, 0.1) is 16.3 Å². The van der Waals surface area contributed by atoms with Crippen LogP contribution in [0.1, 0.15) is 17.3 Å². The van der Waals surface area contributed by atoms with Gasteiger partial charge in [0.15, 0.2) is 5.78 Å². The average molecular weight is 185 g/mol. The van der Waals surface area contributed by atoms with E-state index in [4.69, 9.17) is 23.1 Å². The number of carbonyl (C=O) groups excluding carboxylic acids is 1. The fourth-order valence-corrected chi connectivity index (χ4v) is 1.27. The first-order valence-corrected chi connectivity index (χ1v) is 3.76. The maximum Gasteiger partial charge on any atom is 0.163 e. The zero-order valence-corrected chi connectivity index (χ0v) is 7.35. The minimum absolute atomic E-state index is 0.176. The molecule has 0 spiro atoms. The zero-order chi connectivity index (χ0) is 9.30. The van der Waals surface area contributed by atoms with Crippen LogP contribution in [0.2, 0.25) is 5.02 Å². The van der Waals surface area contributed by atoms with Crippen molar-refractivity contribution in [3.8, 4) is 0 Å². The monoisotopic (exact) mass is 184 g/mol. The Kier molecular flexibility index (Phi) is 2.24. The molecule has 1 aromatic carbocycles. The lowest BCUT2D eigenvalue weighted by Crippen LogP contribution is -2.02. The van der Waals surface area contributed by atoms with E-state index in [1.165, 1.54) is 6.92 Å². The summed E-state index contributed by atoms with van der Waals surface area (Å²) in [6.45, 7) is 1.40. The first kappa shape index (κ1) is 8.87. The van der Waals surface area contributed by atoms with Gasteiger partial charge in [-0.15, -0.1) is 0 Å². The van der Waals surface area contributed by atoms with E-state index in [0.29, 0.717) is 16.9 Å². The Bertz CT molecular complexity index is 336. The third-order valence-electron chi connectivity index (χ3n) is 1.56. The molecule has 64 valence electrons. The van der Waals surface area contributed by atoms with Gasteiger partial charge in [-0.3, -0.25) is 4.79 Å². The van der Waals surface area contributed by atoms with Crippen LogP contribution in [0, 0.1) is 0 Å². The Hall–Kier alpha value is -1.22. The van der Waals surface area contributed by atoms with E-state index in [1.807, 2.05) is 0 Å².